The maximum Gasteiger partial charge on any atom is 0.234 e. The molecule has 0 bridgehead atoms. The molecule has 0 aromatic rings. The molecule has 1 aliphatic rings. The molecular weight excluding hydrogens is 302 g/mol. The molecular formula is C11H20BrN3O3. The van der Waals surface area contributed by atoms with E-state index in [1.807, 2.05) is 6.92 Å². The van der Waals surface area contributed by atoms with Crippen molar-refractivity contribution in [3.63, 3.8) is 0 Å². The molecule has 0 spiro atoms. The molecule has 0 aromatic heterocycles. The summed E-state index contributed by atoms with van der Waals surface area (Å²) in [4.78, 5) is 24.1. The third-order valence-electron chi connectivity index (χ3n) is 3.22. The topological polar surface area (TPSA) is 95.7 Å². The molecule has 2 unspecified atom stereocenters. The van der Waals surface area contributed by atoms with Crippen LogP contribution in [-0.2, 0) is 9.59 Å². The summed E-state index contributed by atoms with van der Waals surface area (Å²) >= 11 is 3.07. The zero-order chi connectivity index (χ0) is 13.7. The van der Waals surface area contributed by atoms with Gasteiger partial charge >= 0.3 is 0 Å². The van der Waals surface area contributed by atoms with Gasteiger partial charge in [-0.1, -0.05) is 22.9 Å². The molecule has 7 heteroatoms. The molecule has 4 N–H and O–H groups in total. The number of nitrogens with two attached hydrogens (primary N) is 1. The number of rotatable bonds is 6. The predicted molar refractivity (Wildman–Crippen MR) is 70.9 cm³/mol. The standard InChI is InChI=1S/C11H20BrN3O3/c1-2-8(11(13)18)15-6-7(3-10(15)17)5-14-9(16)4-12/h7-8,10,17H,2-6H2,1H3,(H2,13,18)(H,14,16)/t7?,8-,10?/m0/s1. The number of aliphatic hydroxyl groups excluding tert-OH is 1. The van der Waals surface area contributed by atoms with E-state index in [0.29, 0.717) is 25.9 Å². The number of hydrogen-bond acceptors (Lipinski definition) is 4. The Kier molecular flexibility index (Phi) is 6.04. The van der Waals surface area contributed by atoms with Crippen LogP contribution in [0, 0.1) is 5.92 Å². The molecule has 1 saturated heterocycles. The van der Waals surface area contributed by atoms with Gasteiger partial charge in [-0.05, 0) is 18.8 Å². The van der Waals surface area contributed by atoms with Crippen molar-refractivity contribution >= 4 is 27.7 Å². The average Bonchev–Trinajstić information content (AvgIpc) is 2.68. The van der Waals surface area contributed by atoms with E-state index in [9.17, 15) is 14.7 Å². The van der Waals surface area contributed by atoms with Gasteiger partial charge in [-0.3, -0.25) is 14.5 Å². The minimum absolute atomic E-state index is 0.0788. The number of carbonyl (C=O) groups excluding carboxylic acids is 2. The van der Waals surface area contributed by atoms with Gasteiger partial charge in [0.25, 0.3) is 0 Å². The second-order valence-electron chi connectivity index (χ2n) is 4.54. The van der Waals surface area contributed by atoms with Crippen LogP contribution in [0.15, 0.2) is 0 Å². The molecule has 104 valence electrons. The first-order valence-electron chi connectivity index (χ1n) is 6.05. The van der Waals surface area contributed by atoms with Crippen LogP contribution < -0.4 is 11.1 Å². The Hall–Kier alpha value is -0.660. The Balaban J connectivity index is 2.50. The van der Waals surface area contributed by atoms with Gasteiger partial charge in [-0.15, -0.1) is 0 Å². The second-order valence-corrected chi connectivity index (χ2v) is 5.10. The van der Waals surface area contributed by atoms with Gasteiger partial charge in [0.1, 0.15) is 6.23 Å². The van der Waals surface area contributed by atoms with E-state index in [0.717, 1.165) is 0 Å². The third-order valence-corrected chi connectivity index (χ3v) is 3.73. The summed E-state index contributed by atoms with van der Waals surface area (Å²) in [5.41, 5.74) is 5.31. The van der Waals surface area contributed by atoms with Gasteiger partial charge in [0.05, 0.1) is 11.4 Å². The van der Waals surface area contributed by atoms with Crippen molar-refractivity contribution in [3.05, 3.63) is 0 Å². The number of nitrogens with zero attached hydrogens (tertiary/aromatic N) is 1. The van der Waals surface area contributed by atoms with E-state index in [1.165, 1.54) is 0 Å². The quantitative estimate of drug-likeness (QED) is 0.569. The van der Waals surface area contributed by atoms with Crippen molar-refractivity contribution in [2.75, 3.05) is 18.4 Å². The van der Waals surface area contributed by atoms with Gasteiger partial charge in [0.15, 0.2) is 0 Å². The molecule has 0 aliphatic carbocycles. The number of aliphatic hydroxyl groups is 1. The minimum atomic E-state index is -0.659. The molecule has 0 aromatic carbocycles. The lowest BCUT2D eigenvalue weighted by Crippen LogP contribution is -2.47. The fourth-order valence-electron chi connectivity index (χ4n) is 2.32. The highest BCUT2D eigenvalue weighted by molar-refractivity contribution is 9.09. The summed E-state index contributed by atoms with van der Waals surface area (Å²) in [6.07, 6.45) is 0.465. The summed E-state index contributed by atoms with van der Waals surface area (Å²) < 4.78 is 0. The van der Waals surface area contributed by atoms with Crippen molar-refractivity contribution in [3.8, 4) is 0 Å². The Morgan fingerprint density at radius 3 is 2.78 bits per heavy atom. The molecule has 1 heterocycles. The predicted octanol–water partition coefficient (Wildman–Crippen LogP) is -0.598. The van der Waals surface area contributed by atoms with E-state index in [1.54, 1.807) is 4.90 Å². The Morgan fingerprint density at radius 1 is 1.61 bits per heavy atom. The van der Waals surface area contributed by atoms with E-state index in [4.69, 9.17) is 5.73 Å². The van der Waals surface area contributed by atoms with Gasteiger partial charge in [0.2, 0.25) is 11.8 Å². The van der Waals surface area contributed by atoms with E-state index in [-0.39, 0.29) is 17.2 Å². The first-order valence-corrected chi connectivity index (χ1v) is 7.17. The number of alkyl halides is 1. The molecule has 0 saturated carbocycles. The highest BCUT2D eigenvalue weighted by atomic mass is 79.9. The van der Waals surface area contributed by atoms with Crippen LogP contribution in [0.25, 0.3) is 0 Å². The number of halogens is 1. The SMILES string of the molecule is CC[C@@H](C(N)=O)N1CC(CNC(=O)CBr)CC1O. The fraction of sp³-hybridized carbons (Fsp3) is 0.818. The highest BCUT2D eigenvalue weighted by Crippen LogP contribution is 2.24. The Morgan fingerprint density at radius 2 is 2.28 bits per heavy atom. The smallest absolute Gasteiger partial charge is 0.234 e. The lowest BCUT2D eigenvalue weighted by molar-refractivity contribution is -0.126. The lowest BCUT2D eigenvalue weighted by atomic mass is 10.1. The van der Waals surface area contributed by atoms with Crippen LogP contribution in [0.3, 0.4) is 0 Å². The summed E-state index contributed by atoms with van der Waals surface area (Å²) in [6, 6.07) is -0.433. The van der Waals surface area contributed by atoms with Crippen molar-refractivity contribution in [2.24, 2.45) is 11.7 Å². The van der Waals surface area contributed by atoms with Crippen molar-refractivity contribution in [2.45, 2.75) is 32.0 Å². The normalized spacial score (nSPS) is 25.9. The van der Waals surface area contributed by atoms with Crippen LogP contribution in [0.5, 0.6) is 0 Å². The summed E-state index contributed by atoms with van der Waals surface area (Å²) in [7, 11) is 0. The monoisotopic (exact) mass is 321 g/mol. The molecule has 1 aliphatic heterocycles. The highest BCUT2D eigenvalue weighted by Gasteiger charge is 2.36. The first-order chi connectivity index (χ1) is 8.49. The van der Waals surface area contributed by atoms with Crippen LogP contribution >= 0.6 is 15.9 Å². The molecule has 2 amide bonds. The number of carbonyl (C=O) groups is 2. The summed E-state index contributed by atoms with van der Waals surface area (Å²) in [6.45, 7) is 2.94. The van der Waals surface area contributed by atoms with Crippen molar-refractivity contribution < 1.29 is 14.7 Å². The molecule has 6 nitrogen and oxygen atoms in total. The molecule has 0 radical (unpaired) electrons. The second kappa shape index (κ2) is 7.06. The number of likely N-dealkylation sites (tertiary alicyclic amines) is 1. The average molecular weight is 322 g/mol. The molecule has 1 rings (SSSR count). The molecule has 18 heavy (non-hydrogen) atoms. The number of amides is 2. The van der Waals surface area contributed by atoms with Crippen molar-refractivity contribution in [1.29, 1.82) is 0 Å². The van der Waals surface area contributed by atoms with Crippen LogP contribution in [0.4, 0.5) is 0 Å². The number of primary amides is 1. The first kappa shape index (κ1) is 15.4. The Bertz CT molecular complexity index is 314. The van der Waals surface area contributed by atoms with Crippen molar-refractivity contribution in [1.82, 2.24) is 10.2 Å². The van der Waals surface area contributed by atoms with Gasteiger partial charge in [-0.2, -0.15) is 0 Å². The van der Waals surface area contributed by atoms with E-state index >= 15 is 0 Å². The molecule has 3 atom stereocenters. The van der Waals surface area contributed by atoms with Crippen LogP contribution in [0.2, 0.25) is 0 Å². The summed E-state index contributed by atoms with van der Waals surface area (Å²) in [5, 5.41) is 13.0. The lowest BCUT2D eigenvalue weighted by Gasteiger charge is -2.27. The number of nitrogens with one attached hydrogen (secondary N) is 1. The maximum atomic E-state index is 11.3. The van der Waals surface area contributed by atoms with Crippen LogP contribution in [0.1, 0.15) is 19.8 Å². The van der Waals surface area contributed by atoms with Gasteiger partial charge in [-0.25, -0.2) is 0 Å². The zero-order valence-corrected chi connectivity index (χ0v) is 12.0. The van der Waals surface area contributed by atoms with E-state index in [2.05, 4.69) is 21.2 Å². The maximum absolute atomic E-state index is 11.3. The zero-order valence-electron chi connectivity index (χ0n) is 10.4. The minimum Gasteiger partial charge on any atom is -0.378 e. The van der Waals surface area contributed by atoms with E-state index < -0.39 is 18.2 Å². The van der Waals surface area contributed by atoms with Crippen LogP contribution in [-0.4, -0.2) is 52.5 Å². The largest absolute Gasteiger partial charge is 0.378 e. The Labute approximate surface area is 115 Å². The summed E-state index contributed by atoms with van der Waals surface area (Å²) in [5.74, 6) is -0.344. The van der Waals surface area contributed by atoms with Gasteiger partial charge in [0, 0.05) is 13.1 Å². The molecule has 1 fully saturated rings. The fourth-order valence-corrected chi connectivity index (χ4v) is 2.51. The number of hydrogen-bond donors (Lipinski definition) is 3. The third kappa shape index (κ3) is 3.93. The van der Waals surface area contributed by atoms with Gasteiger partial charge < -0.3 is 16.2 Å².